The number of aryl methyl sites for hydroxylation is 1. The van der Waals surface area contributed by atoms with Gasteiger partial charge in [-0.3, -0.25) is 19.9 Å². The number of nitrogens with one attached hydrogen (secondary N) is 1. The molecule has 0 spiro atoms. The third-order valence-corrected chi connectivity index (χ3v) is 4.96. The lowest BCUT2D eigenvalue weighted by Crippen LogP contribution is -2.19. The average Bonchev–Trinajstić information content (AvgIpc) is 3.12. The van der Waals surface area contributed by atoms with Gasteiger partial charge >= 0.3 is 0 Å². The third kappa shape index (κ3) is 3.12. The number of thiazole rings is 1. The fraction of sp³-hybridized carbons (Fsp3) is 0.0526. The molecule has 3 heterocycles. The molecule has 1 N–H and O–H groups in total. The highest BCUT2D eigenvalue weighted by molar-refractivity contribution is 7.19. The lowest BCUT2D eigenvalue weighted by atomic mass is 10.1. The van der Waals surface area contributed by atoms with Gasteiger partial charge in [0.2, 0.25) is 5.56 Å². The first-order valence-electron chi connectivity index (χ1n) is 7.88. The van der Waals surface area contributed by atoms with Crippen molar-refractivity contribution in [2.45, 2.75) is 0 Å². The van der Waals surface area contributed by atoms with Crippen molar-refractivity contribution < 1.29 is 4.79 Å². The molecule has 4 aromatic rings. The molecule has 0 radical (unpaired) electrons. The van der Waals surface area contributed by atoms with Crippen molar-refractivity contribution in [3.8, 4) is 10.4 Å². The van der Waals surface area contributed by atoms with Crippen molar-refractivity contribution in [2.75, 3.05) is 5.32 Å². The maximum Gasteiger partial charge on any atom is 0.258 e. The maximum absolute atomic E-state index is 12.3. The molecular formula is C19H14N4O2S. The number of rotatable bonds is 3. The van der Waals surface area contributed by atoms with Crippen LogP contribution in [0.4, 0.5) is 5.13 Å². The second kappa shape index (κ2) is 6.53. The van der Waals surface area contributed by atoms with Gasteiger partial charge in [-0.1, -0.05) is 23.5 Å². The van der Waals surface area contributed by atoms with Gasteiger partial charge in [-0.05, 0) is 29.1 Å². The number of fused-ring (bicyclic) bond motifs is 1. The number of benzene rings is 1. The molecule has 1 aromatic carbocycles. The van der Waals surface area contributed by atoms with E-state index in [9.17, 15) is 9.59 Å². The Morgan fingerprint density at radius 2 is 2.00 bits per heavy atom. The van der Waals surface area contributed by atoms with Crippen molar-refractivity contribution in [3.63, 3.8) is 0 Å². The van der Waals surface area contributed by atoms with Gasteiger partial charge in [0.05, 0.1) is 10.4 Å². The minimum Gasteiger partial charge on any atom is -0.318 e. The van der Waals surface area contributed by atoms with Gasteiger partial charge < -0.3 is 4.57 Å². The van der Waals surface area contributed by atoms with Crippen LogP contribution in [0.5, 0.6) is 0 Å². The Labute approximate surface area is 152 Å². The molecule has 128 valence electrons. The second-order valence-corrected chi connectivity index (χ2v) is 6.82. The number of pyridine rings is 2. The van der Waals surface area contributed by atoms with Crippen molar-refractivity contribution in [3.05, 3.63) is 77.1 Å². The Bertz CT molecular complexity index is 1180. The minimum absolute atomic E-state index is 0.162. The molecule has 3 aromatic heterocycles. The van der Waals surface area contributed by atoms with Gasteiger partial charge in [-0.15, -0.1) is 0 Å². The van der Waals surface area contributed by atoms with Gasteiger partial charge in [0, 0.05) is 43.3 Å². The number of carbonyl (C=O) groups excluding carboxylic acids is 1. The molecular weight excluding hydrogens is 348 g/mol. The first-order valence-corrected chi connectivity index (χ1v) is 8.70. The zero-order valence-electron chi connectivity index (χ0n) is 13.8. The highest BCUT2D eigenvalue weighted by atomic mass is 32.1. The largest absolute Gasteiger partial charge is 0.318 e. The minimum atomic E-state index is -0.300. The fourth-order valence-electron chi connectivity index (χ4n) is 2.60. The summed E-state index contributed by atoms with van der Waals surface area (Å²) in [6.07, 6.45) is 6.83. The second-order valence-electron chi connectivity index (χ2n) is 5.79. The van der Waals surface area contributed by atoms with E-state index in [1.165, 1.54) is 34.2 Å². The smallest absolute Gasteiger partial charge is 0.258 e. The fourth-order valence-corrected chi connectivity index (χ4v) is 3.41. The summed E-state index contributed by atoms with van der Waals surface area (Å²) < 4.78 is 1.37. The molecule has 0 saturated heterocycles. The van der Waals surface area contributed by atoms with Crippen molar-refractivity contribution in [1.29, 1.82) is 0 Å². The summed E-state index contributed by atoms with van der Waals surface area (Å²) in [6, 6.07) is 10.9. The van der Waals surface area contributed by atoms with E-state index in [1.54, 1.807) is 19.4 Å². The van der Waals surface area contributed by atoms with Crippen LogP contribution in [-0.4, -0.2) is 20.4 Å². The van der Waals surface area contributed by atoms with Crippen molar-refractivity contribution in [1.82, 2.24) is 14.5 Å². The highest BCUT2D eigenvalue weighted by Gasteiger charge is 2.11. The SMILES string of the molecule is Cn1cc(C(=O)Nc2ncc(-c3ccc4cnccc4c3)s2)ccc1=O. The van der Waals surface area contributed by atoms with E-state index < -0.39 is 0 Å². The van der Waals surface area contributed by atoms with Crippen LogP contribution in [-0.2, 0) is 7.05 Å². The lowest BCUT2D eigenvalue weighted by Gasteiger charge is -2.03. The predicted molar refractivity (Wildman–Crippen MR) is 102 cm³/mol. The summed E-state index contributed by atoms with van der Waals surface area (Å²) in [6.45, 7) is 0. The number of amides is 1. The molecule has 0 aliphatic heterocycles. The van der Waals surface area contributed by atoms with E-state index in [0.29, 0.717) is 10.7 Å². The van der Waals surface area contributed by atoms with E-state index in [2.05, 4.69) is 21.4 Å². The highest BCUT2D eigenvalue weighted by Crippen LogP contribution is 2.31. The Balaban J connectivity index is 1.58. The van der Waals surface area contributed by atoms with Gasteiger partial charge in [0.1, 0.15) is 0 Å². The van der Waals surface area contributed by atoms with Gasteiger partial charge in [0.15, 0.2) is 5.13 Å². The van der Waals surface area contributed by atoms with E-state index in [1.807, 2.05) is 24.4 Å². The van der Waals surface area contributed by atoms with Crippen LogP contribution in [0.15, 0.2) is 66.0 Å². The van der Waals surface area contributed by atoms with Gasteiger partial charge in [0.25, 0.3) is 5.91 Å². The molecule has 0 fully saturated rings. The maximum atomic E-state index is 12.3. The number of carbonyl (C=O) groups is 1. The predicted octanol–water partition coefficient (Wildman–Crippen LogP) is 3.31. The lowest BCUT2D eigenvalue weighted by molar-refractivity contribution is 0.102. The van der Waals surface area contributed by atoms with Crippen LogP contribution in [0.25, 0.3) is 21.2 Å². The van der Waals surface area contributed by atoms with Crippen LogP contribution >= 0.6 is 11.3 Å². The zero-order chi connectivity index (χ0) is 18.1. The molecule has 0 aliphatic carbocycles. The molecule has 6 nitrogen and oxygen atoms in total. The first kappa shape index (κ1) is 16.2. The summed E-state index contributed by atoms with van der Waals surface area (Å²) >= 11 is 1.40. The van der Waals surface area contributed by atoms with Crippen LogP contribution < -0.4 is 10.9 Å². The molecule has 26 heavy (non-hydrogen) atoms. The summed E-state index contributed by atoms with van der Waals surface area (Å²) in [5.74, 6) is -0.300. The molecule has 0 saturated carbocycles. The van der Waals surface area contributed by atoms with Gasteiger partial charge in [-0.25, -0.2) is 4.98 Å². The summed E-state index contributed by atoms with van der Waals surface area (Å²) in [7, 11) is 1.61. The molecule has 1 amide bonds. The third-order valence-electron chi connectivity index (χ3n) is 4.00. The Morgan fingerprint density at radius 1 is 1.12 bits per heavy atom. The monoisotopic (exact) mass is 362 g/mol. The number of nitrogens with zero attached hydrogens (tertiary/aromatic N) is 3. The number of hydrogen-bond acceptors (Lipinski definition) is 5. The summed E-state index contributed by atoms with van der Waals surface area (Å²) in [5, 5.41) is 5.46. The van der Waals surface area contributed by atoms with Crippen molar-refractivity contribution in [2.24, 2.45) is 7.05 Å². The molecule has 0 aliphatic rings. The topological polar surface area (TPSA) is 76.9 Å². The van der Waals surface area contributed by atoms with E-state index in [0.717, 1.165) is 21.2 Å². The number of aromatic nitrogens is 3. The standard InChI is InChI=1S/C19H14N4O2S/c1-23-11-15(4-5-17(23)24)18(25)22-19-21-10-16(26-19)13-2-3-14-9-20-7-6-12(14)8-13/h2-11H,1H3,(H,21,22,25). The Morgan fingerprint density at radius 3 is 2.85 bits per heavy atom. The number of anilines is 1. The van der Waals surface area contributed by atoms with E-state index in [-0.39, 0.29) is 11.5 Å². The van der Waals surface area contributed by atoms with Crippen LogP contribution in [0.1, 0.15) is 10.4 Å². The Hall–Kier alpha value is -3.32. The summed E-state index contributed by atoms with van der Waals surface area (Å²) in [5.41, 5.74) is 1.27. The number of hydrogen-bond donors (Lipinski definition) is 1. The molecule has 7 heteroatoms. The quantitative estimate of drug-likeness (QED) is 0.607. The average molecular weight is 362 g/mol. The molecule has 0 bridgehead atoms. The Kier molecular flexibility index (Phi) is 4.06. The molecule has 4 rings (SSSR count). The van der Waals surface area contributed by atoms with Gasteiger partial charge in [-0.2, -0.15) is 0 Å². The van der Waals surface area contributed by atoms with Crippen LogP contribution in [0.3, 0.4) is 0 Å². The van der Waals surface area contributed by atoms with Crippen LogP contribution in [0.2, 0.25) is 0 Å². The molecule has 0 atom stereocenters. The van der Waals surface area contributed by atoms with Crippen molar-refractivity contribution >= 4 is 33.1 Å². The summed E-state index contributed by atoms with van der Waals surface area (Å²) in [4.78, 5) is 33.1. The molecule has 0 unspecified atom stereocenters. The normalized spacial score (nSPS) is 10.8. The zero-order valence-corrected chi connectivity index (χ0v) is 14.7. The van der Waals surface area contributed by atoms with Crippen LogP contribution in [0, 0.1) is 0 Å². The first-order chi connectivity index (χ1) is 12.6. The van der Waals surface area contributed by atoms with E-state index >= 15 is 0 Å². The van der Waals surface area contributed by atoms with E-state index in [4.69, 9.17) is 0 Å².